The van der Waals surface area contributed by atoms with E-state index in [1.165, 1.54) is 17.5 Å². The Morgan fingerprint density at radius 1 is 0.870 bits per heavy atom. The Bertz CT molecular complexity index is 1250. The van der Waals surface area contributed by atoms with Crippen LogP contribution in [0.3, 0.4) is 0 Å². The summed E-state index contributed by atoms with van der Waals surface area (Å²) in [5, 5.41) is -0.108. The van der Waals surface area contributed by atoms with Crippen LogP contribution in [0.4, 0.5) is 0 Å². The number of unbranched alkanes of at least 4 members (excludes halogenated alkanes) is 5. The first-order valence-electron chi connectivity index (χ1n) is 21.5. The number of esters is 1. The van der Waals surface area contributed by atoms with E-state index in [0.717, 1.165) is 102 Å². The van der Waals surface area contributed by atoms with Gasteiger partial charge in [-0.15, -0.1) is 0 Å². The van der Waals surface area contributed by atoms with E-state index in [0.29, 0.717) is 50.1 Å². The fourth-order valence-corrected chi connectivity index (χ4v) is 10.2. The Hall–Kier alpha value is -1.26. The minimum absolute atomic E-state index is 0.0658. The maximum absolute atomic E-state index is 13.3. The van der Waals surface area contributed by atoms with Gasteiger partial charge in [-0.1, -0.05) is 92.2 Å². The van der Waals surface area contributed by atoms with E-state index in [2.05, 4.69) is 66.8 Å². The molecule has 312 valence electrons. The molecule has 0 bridgehead atoms. The van der Waals surface area contributed by atoms with Crippen molar-refractivity contribution in [1.82, 2.24) is 0 Å². The van der Waals surface area contributed by atoms with Crippen LogP contribution < -0.4 is 4.74 Å². The number of carbonyl (C=O) groups is 1. The van der Waals surface area contributed by atoms with Crippen molar-refractivity contribution in [1.29, 1.82) is 0 Å². The second-order valence-corrected chi connectivity index (χ2v) is 23.3. The van der Waals surface area contributed by atoms with Gasteiger partial charge in [-0.05, 0) is 123 Å². The lowest BCUT2D eigenvalue weighted by Crippen LogP contribution is -2.40. The quantitative estimate of drug-likeness (QED) is 0.0367. The third kappa shape index (κ3) is 15.2. The first-order valence-corrected chi connectivity index (χ1v) is 25.9. The van der Waals surface area contributed by atoms with Crippen LogP contribution in [0.5, 0.6) is 5.75 Å². The van der Waals surface area contributed by atoms with Crippen LogP contribution in [0.15, 0.2) is 18.2 Å². The Balaban J connectivity index is 1.73. The molecule has 1 aromatic carbocycles. The summed E-state index contributed by atoms with van der Waals surface area (Å²) in [6.45, 7) is 18.7. The molecule has 1 N–H and O–H groups in total. The molecule has 0 amide bonds. The van der Waals surface area contributed by atoms with Crippen molar-refractivity contribution >= 4 is 22.1 Å². The predicted octanol–water partition coefficient (Wildman–Crippen LogP) is 11.2. The third-order valence-electron chi connectivity index (χ3n) is 12.2. The van der Waals surface area contributed by atoms with Crippen molar-refractivity contribution < 1.29 is 41.9 Å². The summed E-state index contributed by atoms with van der Waals surface area (Å²) in [5.74, 6) is 2.59. The molecule has 0 unspecified atom stereocenters. The molecule has 11 heteroatoms. The van der Waals surface area contributed by atoms with Crippen LogP contribution >= 0.6 is 7.82 Å². The molecule has 0 aromatic heterocycles. The number of ether oxygens (including phenoxy) is 3. The zero-order valence-corrected chi connectivity index (χ0v) is 37.2. The summed E-state index contributed by atoms with van der Waals surface area (Å²) in [6.07, 6.45) is 16.0. The van der Waals surface area contributed by atoms with Crippen molar-refractivity contribution in [2.75, 3.05) is 39.6 Å². The lowest BCUT2D eigenvalue weighted by molar-refractivity contribution is -0.146. The highest BCUT2D eigenvalue weighted by Gasteiger charge is 2.49. The van der Waals surface area contributed by atoms with E-state index in [1.54, 1.807) is 0 Å². The number of benzene rings is 1. The van der Waals surface area contributed by atoms with Crippen LogP contribution in [-0.2, 0) is 45.2 Å². The van der Waals surface area contributed by atoms with Gasteiger partial charge in [0.25, 0.3) is 0 Å². The lowest BCUT2D eigenvalue weighted by Gasteiger charge is -2.39. The van der Waals surface area contributed by atoms with Gasteiger partial charge < -0.3 is 19.0 Å². The minimum atomic E-state index is -3.63. The van der Waals surface area contributed by atoms with Gasteiger partial charge in [-0.25, -0.2) is 9.36 Å². The van der Waals surface area contributed by atoms with Gasteiger partial charge in [0.15, 0.2) is 14.9 Å². The largest absolute Gasteiger partial charge is 0.482 e. The average Bonchev–Trinajstić information content (AvgIpc) is 3.44. The minimum Gasteiger partial charge on any atom is -0.482 e. The normalized spacial score (nSPS) is 20.8. The summed E-state index contributed by atoms with van der Waals surface area (Å²) in [6, 6.07) is 6.30. The molecule has 5 atom stereocenters. The molecule has 2 aliphatic rings. The molecule has 0 heterocycles. The second-order valence-electron chi connectivity index (χ2n) is 17.1. The fourth-order valence-electron chi connectivity index (χ4n) is 8.20. The Labute approximate surface area is 330 Å². The highest BCUT2D eigenvalue weighted by molar-refractivity contribution is 7.48. The summed E-state index contributed by atoms with van der Waals surface area (Å²) < 4.78 is 48.4. The van der Waals surface area contributed by atoms with Gasteiger partial charge in [0, 0.05) is 0 Å². The monoisotopic (exact) mass is 797 g/mol. The molecule has 0 aliphatic heterocycles. The number of rotatable bonds is 29. The molecule has 1 saturated carbocycles. The molecule has 3 rings (SSSR count). The van der Waals surface area contributed by atoms with Crippen LogP contribution in [-0.4, -0.2) is 64.8 Å². The number of carbonyl (C=O) groups excluding carboxylic acids is 1. The number of hydrogen-bond donors (Lipinski definition) is 1. The van der Waals surface area contributed by atoms with Crippen molar-refractivity contribution in [3.8, 4) is 5.75 Å². The van der Waals surface area contributed by atoms with Crippen molar-refractivity contribution in [2.45, 2.75) is 169 Å². The van der Waals surface area contributed by atoms with Gasteiger partial charge in [-0.3, -0.25) is 13.6 Å². The smallest absolute Gasteiger partial charge is 0.474 e. The third-order valence-corrected chi connectivity index (χ3v) is 17.2. The maximum Gasteiger partial charge on any atom is 0.474 e. The molecule has 54 heavy (non-hydrogen) atoms. The first-order chi connectivity index (χ1) is 25.8. The second kappa shape index (κ2) is 23.8. The first kappa shape index (κ1) is 47.1. The number of phosphoric acid groups is 1. The maximum atomic E-state index is 13.3. The number of fused-ring (bicyclic) bond motifs is 2. The van der Waals surface area contributed by atoms with E-state index in [4.69, 9.17) is 27.8 Å². The Morgan fingerprint density at radius 3 is 2.17 bits per heavy atom. The molecule has 0 radical (unpaired) electrons. The molecule has 2 aliphatic carbocycles. The summed E-state index contributed by atoms with van der Waals surface area (Å²) in [5.41, 5.74) is 2.57. The van der Waals surface area contributed by atoms with Gasteiger partial charge in [0.05, 0.1) is 39.1 Å². The Kier molecular flexibility index (Phi) is 20.8. The SMILES string of the molecule is CCCCC[C@@H](CC[C@H]1[C@H](CC(C)(C)[Si](C)(C)O)C[C@@H]2Cc3c(cccc3OCC(=O)OCCCC)C[C@@H]21)OCCOP(=O)(OCCCC)OCCCC. The van der Waals surface area contributed by atoms with Gasteiger partial charge >= 0.3 is 13.8 Å². The van der Waals surface area contributed by atoms with Crippen molar-refractivity contribution in [3.05, 3.63) is 29.3 Å². The Morgan fingerprint density at radius 2 is 1.52 bits per heavy atom. The van der Waals surface area contributed by atoms with Gasteiger partial charge in [0.2, 0.25) is 0 Å². The molecule has 1 fully saturated rings. The summed E-state index contributed by atoms with van der Waals surface area (Å²) >= 11 is 0. The number of phosphoric ester groups is 1. The van der Waals surface area contributed by atoms with Crippen LogP contribution in [0.25, 0.3) is 0 Å². The van der Waals surface area contributed by atoms with Crippen LogP contribution in [0.1, 0.15) is 143 Å². The predicted molar refractivity (Wildman–Crippen MR) is 221 cm³/mol. The average molecular weight is 797 g/mol. The zero-order valence-electron chi connectivity index (χ0n) is 35.3. The molecular weight excluding hydrogens is 720 g/mol. The van der Waals surface area contributed by atoms with Gasteiger partial charge in [-0.2, -0.15) is 0 Å². The van der Waals surface area contributed by atoms with E-state index >= 15 is 0 Å². The molecule has 9 nitrogen and oxygen atoms in total. The highest BCUT2D eigenvalue weighted by Crippen LogP contribution is 2.56. The standard InChI is InChI=1S/C43H77O9PSi/c1-9-13-17-20-37(47-27-28-52-53(45,50-25-15-11-3)51-26-16-12-4)22-23-38-36(32-43(5,6)54(7,8)46)29-35-31-40-34(30-39(35)38)19-18-21-41(40)49-33-42(44)48-24-14-10-2/h18-19,21,35-39,46H,9-17,20,22-33H2,1-8H3/t35-,36+,37+,38+,39+/m1/s1. The van der Waals surface area contributed by atoms with E-state index in [9.17, 15) is 14.2 Å². The van der Waals surface area contributed by atoms with Crippen molar-refractivity contribution in [3.63, 3.8) is 0 Å². The number of hydrogen-bond acceptors (Lipinski definition) is 9. The lowest BCUT2D eigenvalue weighted by atomic mass is 9.72. The molecule has 0 spiro atoms. The van der Waals surface area contributed by atoms with Gasteiger partial charge in [0.1, 0.15) is 5.75 Å². The molecular formula is C43H77O9PSi. The zero-order chi connectivity index (χ0) is 39.6. The summed E-state index contributed by atoms with van der Waals surface area (Å²) in [7, 11) is -6.04. The van der Waals surface area contributed by atoms with E-state index in [-0.39, 0.29) is 30.3 Å². The highest BCUT2D eigenvalue weighted by atomic mass is 31.2. The van der Waals surface area contributed by atoms with Crippen LogP contribution in [0.2, 0.25) is 18.1 Å². The fraction of sp³-hybridized carbons (Fsp3) is 0.837. The van der Waals surface area contributed by atoms with Crippen LogP contribution in [0, 0.1) is 23.7 Å². The summed E-state index contributed by atoms with van der Waals surface area (Å²) in [4.78, 5) is 23.7. The van der Waals surface area contributed by atoms with E-state index < -0.39 is 16.1 Å². The van der Waals surface area contributed by atoms with E-state index in [1.807, 2.05) is 6.07 Å². The van der Waals surface area contributed by atoms with Crippen molar-refractivity contribution in [2.24, 2.45) is 23.7 Å². The molecule has 1 aromatic rings. The molecule has 0 saturated heterocycles. The topological polar surface area (TPSA) is 110 Å².